The SMILES string of the molecule is CC(CO)c1n[nH]c(=O)[nH]1. The van der Waals surface area contributed by atoms with Crippen LogP contribution in [-0.4, -0.2) is 26.9 Å². The smallest absolute Gasteiger partial charge is 0.340 e. The first kappa shape index (κ1) is 7.01. The Kier molecular flexibility index (Phi) is 1.86. The van der Waals surface area contributed by atoms with E-state index in [-0.39, 0.29) is 18.2 Å². The lowest BCUT2D eigenvalue weighted by Gasteiger charge is -1.99. The van der Waals surface area contributed by atoms with E-state index in [1.165, 1.54) is 0 Å². The molecule has 5 nitrogen and oxygen atoms in total. The van der Waals surface area contributed by atoms with Crippen molar-refractivity contribution in [1.29, 1.82) is 0 Å². The maximum atomic E-state index is 10.5. The average molecular weight is 143 g/mol. The second-order valence-corrected chi connectivity index (χ2v) is 2.15. The minimum Gasteiger partial charge on any atom is -0.396 e. The zero-order valence-electron chi connectivity index (χ0n) is 5.59. The first-order chi connectivity index (χ1) is 4.74. The molecule has 0 amide bonds. The van der Waals surface area contributed by atoms with E-state index in [2.05, 4.69) is 15.2 Å². The number of aliphatic hydroxyl groups excluding tert-OH is 1. The van der Waals surface area contributed by atoms with E-state index >= 15 is 0 Å². The largest absolute Gasteiger partial charge is 0.396 e. The molecule has 0 bridgehead atoms. The zero-order chi connectivity index (χ0) is 7.56. The summed E-state index contributed by atoms with van der Waals surface area (Å²) in [5.74, 6) is 0.381. The number of hydrogen-bond donors (Lipinski definition) is 3. The molecule has 0 aliphatic carbocycles. The Hall–Kier alpha value is -1.10. The first-order valence-corrected chi connectivity index (χ1v) is 2.99. The van der Waals surface area contributed by atoms with Gasteiger partial charge in [-0.05, 0) is 0 Å². The van der Waals surface area contributed by atoms with Gasteiger partial charge in [-0.2, -0.15) is 5.10 Å². The van der Waals surface area contributed by atoms with Crippen molar-refractivity contribution in [2.24, 2.45) is 0 Å². The lowest BCUT2D eigenvalue weighted by molar-refractivity contribution is 0.269. The van der Waals surface area contributed by atoms with E-state index < -0.39 is 0 Å². The fourth-order valence-electron chi connectivity index (χ4n) is 0.603. The minimum atomic E-state index is -0.338. The number of aliphatic hydroxyl groups is 1. The average Bonchev–Trinajstić information content (AvgIpc) is 2.34. The quantitative estimate of drug-likeness (QED) is 0.506. The van der Waals surface area contributed by atoms with Crippen molar-refractivity contribution in [3.05, 3.63) is 16.3 Å². The second kappa shape index (κ2) is 2.66. The van der Waals surface area contributed by atoms with Crippen LogP contribution in [0.25, 0.3) is 0 Å². The van der Waals surface area contributed by atoms with Crippen LogP contribution in [0.5, 0.6) is 0 Å². The number of nitrogens with one attached hydrogen (secondary N) is 2. The summed E-state index contributed by atoms with van der Waals surface area (Å²) >= 11 is 0. The summed E-state index contributed by atoms with van der Waals surface area (Å²) < 4.78 is 0. The highest BCUT2D eigenvalue weighted by atomic mass is 16.3. The van der Waals surface area contributed by atoms with Gasteiger partial charge in [-0.25, -0.2) is 9.89 Å². The standard InChI is InChI=1S/C5H9N3O2/c1-3(2-9)4-6-5(10)8-7-4/h3,9H,2H2,1H3,(H2,6,7,8,10). The monoisotopic (exact) mass is 143 g/mol. The molecule has 1 aromatic rings. The summed E-state index contributed by atoms with van der Waals surface area (Å²) in [6.45, 7) is 1.76. The molecule has 0 spiro atoms. The van der Waals surface area contributed by atoms with Gasteiger partial charge in [-0.1, -0.05) is 6.92 Å². The Morgan fingerprint density at radius 1 is 1.80 bits per heavy atom. The van der Waals surface area contributed by atoms with Gasteiger partial charge in [0.05, 0.1) is 6.61 Å². The van der Waals surface area contributed by atoms with E-state index in [0.717, 1.165) is 0 Å². The van der Waals surface area contributed by atoms with Crippen LogP contribution < -0.4 is 5.69 Å². The molecular formula is C5H9N3O2. The molecule has 10 heavy (non-hydrogen) atoms. The van der Waals surface area contributed by atoms with Crippen molar-refractivity contribution in [1.82, 2.24) is 15.2 Å². The summed E-state index contributed by atoms with van der Waals surface area (Å²) in [7, 11) is 0. The summed E-state index contributed by atoms with van der Waals surface area (Å²) in [5, 5.41) is 14.5. The van der Waals surface area contributed by atoms with Crippen LogP contribution >= 0.6 is 0 Å². The number of rotatable bonds is 2. The maximum absolute atomic E-state index is 10.5. The Bertz CT molecular complexity index is 251. The summed E-state index contributed by atoms with van der Waals surface area (Å²) in [5.41, 5.74) is -0.338. The number of aromatic nitrogens is 3. The van der Waals surface area contributed by atoms with Gasteiger partial charge in [0.25, 0.3) is 0 Å². The van der Waals surface area contributed by atoms with E-state index in [9.17, 15) is 4.79 Å². The van der Waals surface area contributed by atoms with Gasteiger partial charge in [0.2, 0.25) is 0 Å². The summed E-state index contributed by atoms with van der Waals surface area (Å²) in [4.78, 5) is 12.9. The fourth-order valence-corrected chi connectivity index (χ4v) is 0.603. The highest BCUT2D eigenvalue weighted by Gasteiger charge is 2.06. The van der Waals surface area contributed by atoms with Crippen molar-refractivity contribution >= 4 is 0 Å². The fraction of sp³-hybridized carbons (Fsp3) is 0.600. The van der Waals surface area contributed by atoms with E-state index in [0.29, 0.717) is 5.82 Å². The maximum Gasteiger partial charge on any atom is 0.340 e. The molecule has 0 saturated carbocycles. The molecule has 5 heteroatoms. The molecule has 1 atom stereocenters. The topological polar surface area (TPSA) is 81.8 Å². The first-order valence-electron chi connectivity index (χ1n) is 2.99. The van der Waals surface area contributed by atoms with Crippen LogP contribution in [-0.2, 0) is 0 Å². The Morgan fingerprint density at radius 3 is 2.90 bits per heavy atom. The van der Waals surface area contributed by atoms with Crippen LogP contribution in [0, 0.1) is 0 Å². The van der Waals surface area contributed by atoms with Gasteiger partial charge < -0.3 is 5.11 Å². The van der Waals surface area contributed by atoms with Crippen LogP contribution in [0.4, 0.5) is 0 Å². The molecule has 1 unspecified atom stereocenters. The predicted molar refractivity (Wildman–Crippen MR) is 34.7 cm³/mol. The Labute approximate surface area is 57.1 Å². The molecule has 3 N–H and O–H groups in total. The molecule has 0 aliphatic rings. The van der Waals surface area contributed by atoms with Gasteiger partial charge in [-0.15, -0.1) is 0 Å². The zero-order valence-corrected chi connectivity index (χ0v) is 5.59. The number of hydrogen-bond acceptors (Lipinski definition) is 3. The highest BCUT2D eigenvalue weighted by molar-refractivity contribution is 4.89. The van der Waals surface area contributed by atoms with Gasteiger partial charge in [0.15, 0.2) is 0 Å². The van der Waals surface area contributed by atoms with Crippen molar-refractivity contribution in [3.8, 4) is 0 Å². The van der Waals surface area contributed by atoms with Gasteiger partial charge in [0.1, 0.15) is 5.82 Å². The molecule has 1 aromatic heterocycles. The number of H-pyrrole nitrogens is 2. The molecule has 1 heterocycles. The van der Waals surface area contributed by atoms with Crippen LogP contribution in [0.15, 0.2) is 4.79 Å². The molecule has 1 rings (SSSR count). The van der Waals surface area contributed by atoms with Gasteiger partial charge in [-0.3, -0.25) is 4.98 Å². The van der Waals surface area contributed by atoms with Crippen molar-refractivity contribution in [3.63, 3.8) is 0 Å². The predicted octanol–water partition coefficient (Wildman–Crippen LogP) is -0.806. The summed E-state index contributed by atoms with van der Waals surface area (Å²) in [6, 6.07) is 0. The minimum absolute atomic E-state index is 0.0131. The Balaban J connectivity index is 2.84. The van der Waals surface area contributed by atoms with Crippen molar-refractivity contribution < 1.29 is 5.11 Å². The third kappa shape index (κ3) is 1.24. The second-order valence-electron chi connectivity index (χ2n) is 2.15. The lowest BCUT2D eigenvalue weighted by Crippen LogP contribution is -2.04. The van der Waals surface area contributed by atoms with Crippen molar-refractivity contribution in [2.75, 3.05) is 6.61 Å². The molecule has 0 aliphatic heterocycles. The van der Waals surface area contributed by atoms with Crippen LogP contribution in [0.3, 0.4) is 0 Å². The molecule has 56 valence electrons. The summed E-state index contributed by atoms with van der Waals surface area (Å²) in [6.07, 6.45) is 0. The van der Waals surface area contributed by atoms with Crippen molar-refractivity contribution in [2.45, 2.75) is 12.8 Å². The number of nitrogens with zero attached hydrogens (tertiary/aromatic N) is 1. The molecule has 0 fully saturated rings. The normalized spacial score (nSPS) is 13.4. The molecule has 0 aromatic carbocycles. The molecular weight excluding hydrogens is 134 g/mol. The van der Waals surface area contributed by atoms with Gasteiger partial charge in [0, 0.05) is 5.92 Å². The Morgan fingerprint density at radius 2 is 2.50 bits per heavy atom. The highest BCUT2D eigenvalue weighted by Crippen LogP contribution is 2.03. The lowest BCUT2D eigenvalue weighted by atomic mass is 10.2. The van der Waals surface area contributed by atoms with Crippen LogP contribution in [0.1, 0.15) is 18.7 Å². The third-order valence-corrected chi connectivity index (χ3v) is 1.26. The van der Waals surface area contributed by atoms with E-state index in [1.807, 2.05) is 0 Å². The van der Waals surface area contributed by atoms with E-state index in [1.54, 1.807) is 6.92 Å². The number of aromatic amines is 2. The molecule has 0 radical (unpaired) electrons. The molecule has 0 saturated heterocycles. The van der Waals surface area contributed by atoms with Gasteiger partial charge >= 0.3 is 5.69 Å². The van der Waals surface area contributed by atoms with E-state index in [4.69, 9.17) is 5.11 Å². The third-order valence-electron chi connectivity index (χ3n) is 1.26. The van der Waals surface area contributed by atoms with Crippen LogP contribution in [0.2, 0.25) is 0 Å².